The molecule has 0 unspecified atom stereocenters. The van der Waals surface area contributed by atoms with Crippen molar-refractivity contribution < 1.29 is 41.7 Å². The summed E-state index contributed by atoms with van der Waals surface area (Å²) in [6, 6.07) is 50.1. The maximum Gasteiger partial charge on any atom is 3.00 e. The summed E-state index contributed by atoms with van der Waals surface area (Å²) in [5.74, 6) is -2.55. The summed E-state index contributed by atoms with van der Waals surface area (Å²) in [6.07, 6.45) is 0. The van der Waals surface area contributed by atoms with Crippen LogP contribution in [0.15, 0.2) is 200 Å². The van der Waals surface area contributed by atoms with Gasteiger partial charge >= 0.3 is 17.4 Å². The van der Waals surface area contributed by atoms with Gasteiger partial charge in [-0.3, -0.25) is 0 Å². The van der Waals surface area contributed by atoms with Crippen molar-refractivity contribution in [3.63, 3.8) is 0 Å². The van der Waals surface area contributed by atoms with Gasteiger partial charge in [0.2, 0.25) is 0 Å². The first kappa shape index (κ1) is 46.0. The molecule has 9 aromatic carbocycles. The molecule has 312 valence electrons. The SMILES string of the molecule is [Al+3].[O-]c1c(-c2ccc(F)cc2)cccc1-c1ccc(F)cc1.[O-]c1c(-c2ccc(F)cc2)cccc1-c1ccc(F)cc1.[O-]c1c(-c2ccc(F)cc2)cccc1-c1ccc(F)cc1. The van der Waals surface area contributed by atoms with Gasteiger partial charge in [0.25, 0.3) is 0 Å². The van der Waals surface area contributed by atoms with E-state index in [9.17, 15) is 41.7 Å². The van der Waals surface area contributed by atoms with Gasteiger partial charge in [-0.25, -0.2) is 26.3 Å². The molecular weight excluding hydrogens is 838 g/mol. The van der Waals surface area contributed by atoms with E-state index in [1.807, 2.05) is 0 Å². The number of hydrogen-bond donors (Lipinski definition) is 0. The predicted molar refractivity (Wildman–Crippen MR) is 236 cm³/mol. The van der Waals surface area contributed by atoms with Crippen LogP contribution < -0.4 is 15.3 Å². The Morgan fingerprint density at radius 1 is 0.203 bits per heavy atom. The molecule has 10 heteroatoms. The molecule has 0 saturated heterocycles. The maximum atomic E-state index is 13.0. The van der Waals surface area contributed by atoms with Crippen molar-refractivity contribution in [2.45, 2.75) is 0 Å². The van der Waals surface area contributed by atoms with E-state index in [0.717, 1.165) is 0 Å². The molecule has 0 saturated carbocycles. The quantitative estimate of drug-likeness (QED) is 0.123. The Kier molecular flexibility index (Phi) is 15.1. The largest absolute Gasteiger partial charge is 3.00 e. The van der Waals surface area contributed by atoms with E-state index in [0.29, 0.717) is 66.8 Å². The zero-order valence-electron chi connectivity index (χ0n) is 33.6. The van der Waals surface area contributed by atoms with Crippen LogP contribution in [-0.4, -0.2) is 17.4 Å². The third-order valence-electron chi connectivity index (χ3n) is 9.98. The van der Waals surface area contributed by atoms with Crippen LogP contribution in [0.4, 0.5) is 26.3 Å². The van der Waals surface area contributed by atoms with Crippen LogP contribution in [0.2, 0.25) is 0 Å². The van der Waals surface area contributed by atoms with Crippen LogP contribution in [0, 0.1) is 34.9 Å². The molecule has 0 aliphatic carbocycles. The predicted octanol–water partition coefficient (Wildman–Crippen LogP) is 12.7. The van der Waals surface area contributed by atoms with Gasteiger partial charge in [-0.05, 0) is 140 Å². The summed E-state index contributed by atoms with van der Waals surface area (Å²) in [6.45, 7) is 0. The Morgan fingerprint density at radius 2 is 0.328 bits per heavy atom. The molecule has 0 bridgehead atoms. The second-order valence-electron chi connectivity index (χ2n) is 14.1. The molecule has 0 N–H and O–H groups in total. The minimum Gasteiger partial charge on any atom is -0.872 e. The summed E-state index contributed by atoms with van der Waals surface area (Å²) < 4.78 is 77.8. The Bertz CT molecular complexity index is 2430. The first-order chi connectivity index (χ1) is 30.4. The average Bonchev–Trinajstić information content (AvgIpc) is 3.29. The van der Waals surface area contributed by atoms with Crippen LogP contribution in [0.5, 0.6) is 17.2 Å². The zero-order valence-corrected chi connectivity index (χ0v) is 34.8. The Labute approximate surface area is 376 Å². The van der Waals surface area contributed by atoms with Gasteiger partial charge < -0.3 is 15.3 Å². The van der Waals surface area contributed by atoms with Crippen LogP contribution in [0.25, 0.3) is 66.8 Å². The molecule has 0 radical (unpaired) electrons. The van der Waals surface area contributed by atoms with Gasteiger partial charge in [0.1, 0.15) is 34.9 Å². The van der Waals surface area contributed by atoms with Crippen LogP contribution >= 0.6 is 0 Å². The molecule has 9 rings (SSSR count). The molecule has 0 aliphatic rings. The van der Waals surface area contributed by atoms with Crippen molar-refractivity contribution in [1.82, 2.24) is 0 Å². The first-order valence-corrected chi connectivity index (χ1v) is 19.4. The van der Waals surface area contributed by atoms with E-state index >= 15 is 0 Å². The van der Waals surface area contributed by atoms with E-state index in [2.05, 4.69) is 0 Å². The second-order valence-corrected chi connectivity index (χ2v) is 14.1. The topological polar surface area (TPSA) is 69.2 Å². The summed E-state index contributed by atoms with van der Waals surface area (Å²) in [5.41, 5.74) is 6.93. The monoisotopic (exact) mass is 870 g/mol. The normalized spacial score (nSPS) is 10.4. The van der Waals surface area contributed by atoms with E-state index < -0.39 is 0 Å². The fourth-order valence-electron chi connectivity index (χ4n) is 6.75. The third kappa shape index (κ3) is 11.1. The van der Waals surface area contributed by atoms with Gasteiger partial charge in [0.15, 0.2) is 0 Å². The average molecular weight is 871 g/mol. The van der Waals surface area contributed by atoms with Crippen molar-refractivity contribution in [3.8, 4) is 84.0 Å². The number of benzene rings is 9. The molecule has 64 heavy (non-hydrogen) atoms. The van der Waals surface area contributed by atoms with Crippen molar-refractivity contribution in [3.05, 3.63) is 235 Å². The zero-order chi connectivity index (χ0) is 44.5. The van der Waals surface area contributed by atoms with Gasteiger partial charge in [0, 0.05) is 0 Å². The number of halogens is 6. The fraction of sp³-hybridized carbons (Fsp3) is 0. The van der Waals surface area contributed by atoms with Crippen molar-refractivity contribution in [2.24, 2.45) is 0 Å². The molecule has 0 fully saturated rings. The molecule has 0 spiro atoms. The van der Waals surface area contributed by atoms with E-state index in [4.69, 9.17) is 0 Å². The molecule has 3 nitrogen and oxygen atoms in total. The summed E-state index contributed by atoms with van der Waals surface area (Å²) in [4.78, 5) is 0. The molecule has 0 amide bonds. The third-order valence-corrected chi connectivity index (χ3v) is 9.98. The summed E-state index contributed by atoms with van der Waals surface area (Å²) in [5, 5.41) is 37.7. The molecule has 9 aromatic rings. The van der Waals surface area contributed by atoms with Gasteiger partial charge in [-0.15, -0.1) is 0 Å². The fourth-order valence-corrected chi connectivity index (χ4v) is 6.75. The Hall–Kier alpha value is -7.51. The van der Waals surface area contributed by atoms with Gasteiger partial charge in [-0.2, -0.15) is 0 Å². The van der Waals surface area contributed by atoms with E-state index in [-0.39, 0.29) is 69.5 Å². The van der Waals surface area contributed by atoms with Crippen molar-refractivity contribution >= 4 is 17.4 Å². The molecular formula is C54H33AlF6O3. The standard InChI is InChI=1S/3C18H12F2O.Al/c3*19-14-8-4-12(5-9-14)16-2-1-3-17(18(16)21)13-6-10-15(20)11-7-13;/h3*1-11,21H;/q;;;+3/p-3. The number of hydrogen-bond acceptors (Lipinski definition) is 3. The minimum atomic E-state index is -0.346. The summed E-state index contributed by atoms with van der Waals surface area (Å²) in [7, 11) is 0. The van der Waals surface area contributed by atoms with Crippen molar-refractivity contribution in [2.75, 3.05) is 0 Å². The van der Waals surface area contributed by atoms with Crippen molar-refractivity contribution in [1.29, 1.82) is 0 Å². The molecule has 0 heterocycles. The van der Waals surface area contributed by atoms with Crippen LogP contribution in [0.1, 0.15) is 0 Å². The Morgan fingerprint density at radius 3 is 0.453 bits per heavy atom. The second kappa shape index (κ2) is 21.0. The number of rotatable bonds is 6. The van der Waals surface area contributed by atoms with Gasteiger partial charge in [0.05, 0.1) is 0 Å². The Balaban J connectivity index is 0.000000158. The minimum absolute atomic E-state index is 0. The van der Waals surface area contributed by atoms with Crippen LogP contribution in [0.3, 0.4) is 0 Å². The summed E-state index contributed by atoms with van der Waals surface area (Å²) >= 11 is 0. The molecule has 0 aromatic heterocycles. The molecule has 0 aliphatic heterocycles. The van der Waals surface area contributed by atoms with Gasteiger partial charge in [-0.1, -0.05) is 145 Å². The first-order valence-electron chi connectivity index (χ1n) is 19.4. The maximum absolute atomic E-state index is 13.0. The van der Waals surface area contributed by atoms with E-state index in [1.54, 1.807) is 127 Å². The number of para-hydroxylation sites is 3. The smallest absolute Gasteiger partial charge is 0.872 e. The van der Waals surface area contributed by atoms with Crippen LogP contribution in [-0.2, 0) is 0 Å². The molecule has 0 atom stereocenters. The van der Waals surface area contributed by atoms with E-state index in [1.165, 1.54) is 72.8 Å².